The topological polar surface area (TPSA) is 39.7 Å². The maximum absolute atomic E-state index is 12.5. The maximum Gasteiger partial charge on any atom is 0.272 e. The monoisotopic (exact) mass is 352 g/mol. The lowest BCUT2D eigenvalue weighted by Crippen LogP contribution is -2.46. The van der Waals surface area contributed by atoms with E-state index in [4.69, 9.17) is 0 Å². The summed E-state index contributed by atoms with van der Waals surface area (Å²) in [4.78, 5) is 23.5. The molecular formula is C21H28N4O. The summed E-state index contributed by atoms with van der Waals surface area (Å²) in [5.74, 6) is 0.0135. The highest BCUT2D eigenvalue weighted by molar-refractivity contribution is 5.93. The Morgan fingerprint density at radius 3 is 2.38 bits per heavy atom. The zero-order valence-electron chi connectivity index (χ0n) is 15.8. The van der Waals surface area contributed by atoms with E-state index in [9.17, 15) is 4.79 Å². The third-order valence-corrected chi connectivity index (χ3v) is 5.00. The van der Waals surface area contributed by atoms with Crippen molar-refractivity contribution in [1.29, 1.82) is 0 Å². The van der Waals surface area contributed by atoms with Crippen molar-refractivity contribution in [3.8, 4) is 0 Å². The summed E-state index contributed by atoms with van der Waals surface area (Å²) < 4.78 is 0. The smallest absolute Gasteiger partial charge is 0.272 e. The average molecular weight is 352 g/mol. The van der Waals surface area contributed by atoms with Gasteiger partial charge in [-0.15, -0.1) is 0 Å². The first kappa shape index (κ1) is 18.4. The fraction of sp³-hybridized carbons (Fsp3) is 0.429. The molecule has 1 saturated heterocycles. The van der Waals surface area contributed by atoms with Crippen LogP contribution in [0, 0.1) is 0 Å². The van der Waals surface area contributed by atoms with Crippen molar-refractivity contribution in [3.05, 3.63) is 59.9 Å². The highest BCUT2D eigenvalue weighted by Crippen LogP contribution is 2.18. The van der Waals surface area contributed by atoms with Gasteiger partial charge in [-0.2, -0.15) is 0 Å². The van der Waals surface area contributed by atoms with Gasteiger partial charge in [-0.25, -0.2) is 0 Å². The molecule has 0 spiro atoms. The summed E-state index contributed by atoms with van der Waals surface area (Å²) in [6.07, 6.45) is 1.75. The highest BCUT2D eigenvalue weighted by Gasteiger charge is 2.20. The number of carbonyl (C=O) groups is 1. The van der Waals surface area contributed by atoms with Crippen LogP contribution in [0.1, 0.15) is 29.9 Å². The quantitative estimate of drug-likeness (QED) is 0.801. The number of rotatable bonds is 6. The molecule has 0 aliphatic carbocycles. The number of amides is 1. The van der Waals surface area contributed by atoms with Crippen molar-refractivity contribution in [3.63, 3.8) is 0 Å². The van der Waals surface area contributed by atoms with E-state index in [-0.39, 0.29) is 5.91 Å². The van der Waals surface area contributed by atoms with Gasteiger partial charge in [0.15, 0.2) is 0 Å². The highest BCUT2D eigenvalue weighted by atomic mass is 16.2. The van der Waals surface area contributed by atoms with Crippen LogP contribution in [0.4, 0.5) is 5.69 Å². The summed E-state index contributed by atoms with van der Waals surface area (Å²) >= 11 is 0. The molecule has 1 aliphatic rings. The van der Waals surface area contributed by atoms with E-state index in [1.807, 2.05) is 30.9 Å². The van der Waals surface area contributed by atoms with E-state index < -0.39 is 0 Å². The summed E-state index contributed by atoms with van der Waals surface area (Å²) in [7, 11) is 0. The molecule has 1 aromatic carbocycles. The van der Waals surface area contributed by atoms with Gasteiger partial charge in [0.25, 0.3) is 5.91 Å². The first-order chi connectivity index (χ1) is 12.7. The summed E-state index contributed by atoms with van der Waals surface area (Å²) in [5.41, 5.74) is 2.99. The number of carbonyl (C=O) groups excluding carboxylic acids is 1. The molecule has 5 nitrogen and oxygen atoms in total. The van der Waals surface area contributed by atoms with Crippen LogP contribution in [0.3, 0.4) is 0 Å². The average Bonchev–Trinajstić information content (AvgIpc) is 2.70. The van der Waals surface area contributed by atoms with Crippen molar-refractivity contribution < 1.29 is 4.79 Å². The normalized spacial score (nSPS) is 15.1. The lowest BCUT2D eigenvalue weighted by atomic mass is 10.2. The number of pyridine rings is 1. The van der Waals surface area contributed by atoms with Gasteiger partial charge in [-0.05, 0) is 31.5 Å². The maximum atomic E-state index is 12.5. The number of piperazine rings is 1. The van der Waals surface area contributed by atoms with E-state index >= 15 is 0 Å². The zero-order chi connectivity index (χ0) is 18.4. The first-order valence-electron chi connectivity index (χ1n) is 9.47. The number of hydrogen-bond donors (Lipinski definition) is 0. The molecule has 1 aliphatic heterocycles. The third kappa shape index (κ3) is 4.41. The third-order valence-electron chi connectivity index (χ3n) is 5.00. The van der Waals surface area contributed by atoms with Crippen LogP contribution in [0.5, 0.6) is 0 Å². The Bertz CT molecular complexity index is 707. The van der Waals surface area contributed by atoms with E-state index in [0.717, 1.165) is 38.4 Å². The number of nitrogens with zero attached hydrogens (tertiary/aromatic N) is 4. The Hall–Kier alpha value is -2.40. The lowest BCUT2D eigenvalue weighted by Gasteiger charge is -2.36. The number of benzene rings is 1. The fourth-order valence-corrected chi connectivity index (χ4v) is 3.41. The molecule has 1 amide bonds. The van der Waals surface area contributed by atoms with Crippen LogP contribution in [0.2, 0.25) is 0 Å². The second kappa shape index (κ2) is 8.81. The van der Waals surface area contributed by atoms with E-state index in [1.165, 1.54) is 5.56 Å². The Kier molecular flexibility index (Phi) is 6.23. The fourth-order valence-electron chi connectivity index (χ4n) is 3.41. The van der Waals surface area contributed by atoms with Crippen molar-refractivity contribution in [2.45, 2.75) is 20.4 Å². The zero-order valence-corrected chi connectivity index (χ0v) is 15.8. The molecular weight excluding hydrogens is 324 g/mol. The van der Waals surface area contributed by atoms with Crippen LogP contribution >= 0.6 is 0 Å². The van der Waals surface area contributed by atoms with Crippen molar-refractivity contribution in [2.24, 2.45) is 0 Å². The minimum atomic E-state index is 0.0135. The molecule has 2 heterocycles. The van der Waals surface area contributed by atoms with Crippen molar-refractivity contribution in [1.82, 2.24) is 14.8 Å². The Balaban J connectivity index is 1.61. The van der Waals surface area contributed by atoms with Gasteiger partial charge in [0, 0.05) is 57.7 Å². The SMILES string of the molecule is CCN(CC)C(=O)c1cc(N2CCN(Cc3ccccc3)CC2)ccn1. The molecule has 0 N–H and O–H groups in total. The summed E-state index contributed by atoms with van der Waals surface area (Å²) in [6, 6.07) is 14.6. The lowest BCUT2D eigenvalue weighted by molar-refractivity contribution is 0.0767. The minimum absolute atomic E-state index is 0.0135. The summed E-state index contributed by atoms with van der Waals surface area (Å²) in [5, 5.41) is 0. The van der Waals surface area contributed by atoms with Gasteiger partial charge in [-0.3, -0.25) is 14.7 Å². The standard InChI is InChI=1S/C21H28N4O/c1-3-24(4-2)21(26)20-16-19(10-11-22-20)25-14-12-23(13-15-25)17-18-8-6-5-7-9-18/h5-11,16H,3-4,12-15,17H2,1-2H3. The molecule has 0 saturated carbocycles. The van der Waals surface area contributed by atoms with Crippen LogP contribution in [-0.4, -0.2) is 60.0 Å². The molecule has 26 heavy (non-hydrogen) atoms. The largest absolute Gasteiger partial charge is 0.369 e. The Morgan fingerprint density at radius 2 is 1.73 bits per heavy atom. The van der Waals surface area contributed by atoms with Gasteiger partial charge >= 0.3 is 0 Å². The van der Waals surface area contributed by atoms with E-state index in [2.05, 4.69) is 45.1 Å². The van der Waals surface area contributed by atoms with Gasteiger partial charge in [-0.1, -0.05) is 30.3 Å². The second-order valence-electron chi connectivity index (χ2n) is 6.63. The molecule has 0 atom stereocenters. The Morgan fingerprint density at radius 1 is 1.04 bits per heavy atom. The Labute approximate surface area is 156 Å². The van der Waals surface area contributed by atoms with Gasteiger partial charge in [0.2, 0.25) is 0 Å². The molecule has 0 bridgehead atoms. The van der Waals surface area contributed by atoms with Gasteiger partial charge < -0.3 is 9.80 Å². The predicted molar refractivity (Wildman–Crippen MR) is 105 cm³/mol. The van der Waals surface area contributed by atoms with Crippen LogP contribution in [0.15, 0.2) is 48.7 Å². The molecule has 1 fully saturated rings. The molecule has 1 aromatic heterocycles. The minimum Gasteiger partial charge on any atom is -0.369 e. The van der Waals surface area contributed by atoms with Crippen LogP contribution in [0.25, 0.3) is 0 Å². The molecule has 3 rings (SSSR count). The number of hydrogen-bond acceptors (Lipinski definition) is 4. The van der Waals surface area contributed by atoms with Crippen molar-refractivity contribution in [2.75, 3.05) is 44.2 Å². The number of anilines is 1. The molecule has 5 heteroatoms. The number of aromatic nitrogens is 1. The van der Waals surface area contributed by atoms with Crippen LogP contribution in [-0.2, 0) is 6.54 Å². The molecule has 0 unspecified atom stereocenters. The van der Waals surface area contributed by atoms with E-state index in [1.54, 1.807) is 6.20 Å². The molecule has 2 aromatic rings. The van der Waals surface area contributed by atoms with Crippen molar-refractivity contribution >= 4 is 11.6 Å². The summed E-state index contributed by atoms with van der Waals surface area (Å²) in [6.45, 7) is 10.4. The first-order valence-corrected chi connectivity index (χ1v) is 9.47. The molecule has 0 radical (unpaired) electrons. The van der Waals surface area contributed by atoms with Gasteiger partial charge in [0.1, 0.15) is 5.69 Å². The second-order valence-corrected chi connectivity index (χ2v) is 6.63. The predicted octanol–water partition coefficient (Wildman–Crippen LogP) is 2.89. The molecule has 138 valence electrons. The van der Waals surface area contributed by atoms with Gasteiger partial charge in [0.05, 0.1) is 0 Å². The van der Waals surface area contributed by atoms with Crippen LogP contribution < -0.4 is 4.90 Å². The van der Waals surface area contributed by atoms with E-state index in [0.29, 0.717) is 18.8 Å².